The van der Waals surface area contributed by atoms with Crippen molar-refractivity contribution < 1.29 is 14.7 Å². The number of anilines is 1. The summed E-state index contributed by atoms with van der Waals surface area (Å²) >= 11 is 0. The summed E-state index contributed by atoms with van der Waals surface area (Å²) in [5.41, 5.74) is 0.972. The minimum Gasteiger partial charge on any atom is -0.393 e. The van der Waals surface area contributed by atoms with Gasteiger partial charge in [-0.25, -0.2) is 0 Å². The van der Waals surface area contributed by atoms with Gasteiger partial charge in [0.15, 0.2) is 0 Å². The van der Waals surface area contributed by atoms with Gasteiger partial charge in [0.1, 0.15) is 5.54 Å². The van der Waals surface area contributed by atoms with Crippen molar-refractivity contribution in [1.82, 2.24) is 10.2 Å². The van der Waals surface area contributed by atoms with Crippen molar-refractivity contribution in [2.24, 2.45) is 17.8 Å². The van der Waals surface area contributed by atoms with Crippen molar-refractivity contribution >= 4 is 17.5 Å². The topological polar surface area (TPSA) is 81.7 Å². The smallest absolute Gasteiger partial charge is 0.250 e. The van der Waals surface area contributed by atoms with Gasteiger partial charge >= 0.3 is 0 Å². The number of para-hydroxylation sites is 1. The molecule has 3 heterocycles. The third-order valence-electron chi connectivity index (χ3n) is 8.43. The van der Waals surface area contributed by atoms with E-state index in [1.54, 1.807) is 0 Å². The molecule has 1 aromatic carbocycles. The van der Waals surface area contributed by atoms with E-state index < -0.39 is 5.54 Å². The lowest BCUT2D eigenvalue weighted by Crippen LogP contribution is -2.55. The first-order valence-electron chi connectivity index (χ1n) is 11.2. The molecule has 2 unspecified atom stereocenters. The zero-order valence-corrected chi connectivity index (χ0v) is 16.6. The Morgan fingerprint density at radius 2 is 1.90 bits per heavy atom. The number of amides is 2. The highest BCUT2D eigenvalue weighted by Crippen LogP contribution is 2.55. The van der Waals surface area contributed by atoms with Crippen LogP contribution in [0.2, 0.25) is 0 Å². The molecule has 2 amide bonds. The molecule has 3 N–H and O–H groups in total. The molecule has 0 radical (unpaired) electrons. The zero-order valence-electron chi connectivity index (χ0n) is 16.6. The van der Waals surface area contributed by atoms with E-state index in [0.29, 0.717) is 17.9 Å². The Morgan fingerprint density at radius 3 is 2.69 bits per heavy atom. The summed E-state index contributed by atoms with van der Waals surface area (Å²) < 4.78 is 0. The lowest BCUT2D eigenvalue weighted by atomic mass is 9.78. The third-order valence-corrected chi connectivity index (χ3v) is 8.43. The highest BCUT2D eigenvalue weighted by Gasteiger charge is 2.65. The Kier molecular flexibility index (Phi) is 3.88. The number of nitrogens with one attached hydrogen (secondary N) is 2. The van der Waals surface area contributed by atoms with Crippen LogP contribution >= 0.6 is 0 Å². The largest absolute Gasteiger partial charge is 0.393 e. The van der Waals surface area contributed by atoms with Crippen LogP contribution in [0.4, 0.5) is 5.69 Å². The molecule has 0 bridgehead atoms. The standard InChI is InChI=1S/C23H29N3O3/c27-17-10-13-8-15(9-14(13)11-17)24-21(28)19-12-16-4-3-7-26(16)23(19)18-5-1-2-6-20(18)25-22(23)29/h1-2,5-6,13-17,19,27H,3-4,7-12H2,(H,24,28)(H,25,29)/t13-,14+,15?,16-,17?,19-,23+/m1/s1. The van der Waals surface area contributed by atoms with Gasteiger partial charge < -0.3 is 15.7 Å². The van der Waals surface area contributed by atoms with Crippen LogP contribution in [0.1, 0.15) is 50.5 Å². The zero-order chi connectivity index (χ0) is 19.8. The molecule has 2 saturated heterocycles. The molecule has 2 saturated carbocycles. The number of benzene rings is 1. The SMILES string of the molecule is O=C(NC1C[C@H]2CC(O)C[C@H]2C1)[C@H]1C[C@H]2CCCN2[C@]12C(=O)Nc1ccccc12. The van der Waals surface area contributed by atoms with Gasteiger partial charge in [-0.05, 0) is 69.4 Å². The molecular formula is C23H29N3O3. The minimum atomic E-state index is -0.855. The number of aliphatic hydroxyl groups is 1. The van der Waals surface area contributed by atoms with Gasteiger partial charge in [-0.2, -0.15) is 0 Å². The second kappa shape index (κ2) is 6.29. The van der Waals surface area contributed by atoms with Gasteiger partial charge in [-0.15, -0.1) is 0 Å². The molecule has 6 nitrogen and oxygen atoms in total. The van der Waals surface area contributed by atoms with Crippen LogP contribution in [0, 0.1) is 17.8 Å². The van der Waals surface area contributed by atoms with Gasteiger partial charge in [-0.1, -0.05) is 18.2 Å². The van der Waals surface area contributed by atoms with Crippen LogP contribution in [0.25, 0.3) is 0 Å². The highest BCUT2D eigenvalue weighted by molar-refractivity contribution is 6.09. The average molecular weight is 396 g/mol. The maximum Gasteiger partial charge on any atom is 0.250 e. The maximum atomic E-state index is 13.6. The van der Waals surface area contributed by atoms with Crippen LogP contribution in [-0.4, -0.2) is 46.6 Å². The van der Waals surface area contributed by atoms with Gasteiger partial charge in [-0.3, -0.25) is 14.5 Å². The fourth-order valence-corrected chi connectivity index (χ4v) is 7.38. The van der Waals surface area contributed by atoms with Gasteiger partial charge in [0.2, 0.25) is 11.8 Å². The molecular weight excluding hydrogens is 366 g/mol. The average Bonchev–Trinajstić information content (AvgIpc) is 3.44. The summed E-state index contributed by atoms with van der Waals surface area (Å²) in [6, 6.07) is 8.37. The molecule has 1 spiro atoms. The summed E-state index contributed by atoms with van der Waals surface area (Å²) in [4.78, 5) is 29.3. The molecule has 4 fully saturated rings. The second-order valence-corrected chi connectivity index (χ2v) is 9.87. The first-order chi connectivity index (χ1) is 14.1. The number of hydrogen-bond acceptors (Lipinski definition) is 4. The molecule has 7 atom stereocenters. The first kappa shape index (κ1) is 17.9. The summed E-state index contributed by atoms with van der Waals surface area (Å²) in [6.45, 7) is 0.877. The van der Waals surface area contributed by atoms with Gasteiger partial charge in [0, 0.05) is 23.3 Å². The lowest BCUT2D eigenvalue weighted by molar-refractivity contribution is -0.137. The molecule has 3 aliphatic heterocycles. The van der Waals surface area contributed by atoms with E-state index in [-0.39, 0.29) is 29.9 Å². The number of nitrogens with zero attached hydrogens (tertiary/aromatic N) is 1. The monoisotopic (exact) mass is 395 g/mol. The fraction of sp³-hybridized carbons (Fsp3) is 0.652. The number of rotatable bonds is 2. The Bertz CT molecular complexity index is 859. The van der Waals surface area contributed by atoms with E-state index in [1.165, 1.54) is 0 Å². The Labute approximate surface area is 171 Å². The first-order valence-corrected chi connectivity index (χ1v) is 11.2. The molecule has 1 aromatic rings. The predicted octanol–water partition coefficient (Wildman–Crippen LogP) is 1.98. The summed E-state index contributed by atoms with van der Waals surface area (Å²) in [5, 5.41) is 16.3. The number of aliphatic hydroxyl groups excluding tert-OH is 1. The predicted molar refractivity (Wildman–Crippen MR) is 108 cm³/mol. The summed E-state index contributed by atoms with van der Waals surface area (Å²) in [7, 11) is 0. The Morgan fingerprint density at radius 1 is 1.14 bits per heavy atom. The van der Waals surface area contributed by atoms with Crippen LogP contribution < -0.4 is 10.6 Å². The highest BCUT2D eigenvalue weighted by atomic mass is 16.3. The maximum absolute atomic E-state index is 13.6. The molecule has 2 aliphatic carbocycles. The van der Waals surface area contributed by atoms with Crippen molar-refractivity contribution in [2.75, 3.05) is 11.9 Å². The fourth-order valence-electron chi connectivity index (χ4n) is 7.38. The third kappa shape index (κ3) is 2.42. The van der Waals surface area contributed by atoms with Crippen molar-refractivity contribution in [3.05, 3.63) is 29.8 Å². The van der Waals surface area contributed by atoms with Crippen LogP contribution in [0.3, 0.4) is 0 Å². The number of hydrogen-bond donors (Lipinski definition) is 3. The van der Waals surface area contributed by atoms with E-state index in [9.17, 15) is 14.7 Å². The van der Waals surface area contributed by atoms with E-state index in [0.717, 1.165) is 62.7 Å². The Balaban J connectivity index is 1.30. The van der Waals surface area contributed by atoms with Gasteiger partial charge in [0.25, 0.3) is 0 Å². The van der Waals surface area contributed by atoms with Crippen LogP contribution in [0.5, 0.6) is 0 Å². The van der Waals surface area contributed by atoms with Gasteiger partial charge in [0.05, 0.1) is 12.0 Å². The van der Waals surface area contributed by atoms with E-state index in [4.69, 9.17) is 0 Å². The van der Waals surface area contributed by atoms with Crippen molar-refractivity contribution in [1.29, 1.82) is 0 Å². The van der Waals surface area contributed by atoms with E-state index in [2.05, 4.69) is 15.5 Å². The minimum absolute atomic E-state index is 0.0327. The quantitative estimate of drug-likeness (QED) is 0.715. The van der Waals surface area contributed by atoms with E-state index in [1.807, 2.05) is 24.3 Å². The molecule has 29 heavy (non-hydrogen) atoms. The number of fused-ring (bicyclic) bond motifs is 5. The molecule has 6 rings (SSSR count). The Hall–Kier alpha value is -1.92. The molecule has 0 aromatic heterocycles. The molecule has 6 heteroatoms. The molecule has 154 valence electrons. The van der Waals surface area contributed by atoms with Crippen molar-refractivity contribution in [2.45, 2.75) is 68.7 Å². The number of carbonyl (C=O) groups is 2. The normalized spacial score (nSPS) is 42.7. The lowest BCUT2D eigenvalue weighted by Gasteiger charge is -2.36. The van der Waals surface area contributed by atoms with Crippen LogP contribution in [-0.2, 0) is 15.1 Å². The van der Waals surface area contributed by atoms with Crippen molar-refractivity contribution in [3.8, 4) is 0 Å². The summed E-state index contributed by atoms with van der Waals surface area (Å²) in [5.74, 6) is 0.729. The van der Waals surface area contributed by atoms with Crippen LogP contribution in [0.15, 0.2) is 24.3 Å². The second-order valence-electron chi connectivity index (χ2n) is 9.87. The van der Waals surface area contributed by atoms with E-state index >= 15 is 0 Å². The number of carbonyl (C=O) groups excluding carboxylic acids is 2. The van der Waals surface area contributed by atoms with Crippen molar-refractivity contribution in [3.63, 3.8) is 0 Å². The summed E-state index contributed by atoms with van der Waals surface area (Å²) in [6.07, 6.45) is 6.41. The molecule has 5 aliphatic rings.